The Morgan fingerprint density at radius 2 is 1.97 bits per heavy atom. The summed E-state index contributed by atoms with van der Waals surface area (Å²) in [4.78, 5) is 38.4. The van der Waals surface area contributed by atoms with Gasteiger partial charge in [0.2, 0.25) is 0 Å². The number of pyridine rings is 1. The van der Waals surface area contributed by atoms with Crippen LogP contribution in [0.1, 0.15) is 76.6 Å². The molecule has 1 fully saturated rings. The second-order valence-electron chi connectivity index (χ2n) is 11.8. The maximum absolute atomic E-state index is 13.3. The number of aliphatic hydroxyl groups excluding tert-OH is 1. The molecule has 8 nitrogen and oxygen atoms in total. The Labute approximate surface area is 227 Å². The second-order valence-corrected chi connectivity index (χ2v) is 12.8. The van der Waals surface area contributed by atoms with E-state index in [0.717, 1.165) is 54.0 Å². The predicted octanol–water partition coefficient (Wildman–Crippen LogP) is 3.74. The minimum Gasteiger partial charge on any atom is -0.396 e. The Hall–Kier alpha value is -2.88. The number of thiazole rings is 1. The van der Waals surface area contributed by atoms with Crippen molar-refractivity contribution in [2.45, 2.75) is 58.5 Å². The van der Waals surface area contributed by atoms with E-state index in [0.29, 0.717) is 22.9 Å². The number of benzene rings is 1. The molecule has 1 aliphatic carbocycles. The molecule has 2 aromatic heterocycles. The maximum atomic E-state index is 13.3. The first-order valence-corrected chi connectivity index (χ1v) is 14.2. The van der Waals surface area contributed by atoms with Gasteiger partial charge in [-0.2, -0.15) is 0 Å². The van der Waals surface area contributed by atoms with Gasteiger partial charge in [0.15, 0.2) is 5.01 Å². The summed E-state index contributed by atoms with van der Waals surface area (Å²) < 4.78 is 0. The van der Waals surface area contributed by atoms with Crippen molar-refractivity contribution >= 4 is 33.5 Å². The number of hydrogen-bond donors (Lipinski definition) is 3. The first-order chi connectivity index (χ1) is 18.1. The maximum Gasteiger partial charge on any atom is 0.280 e. The number of likely N-dealkylation sites (N-methyl/N-ethyl adjacent to an activating group) is 1. The van der Waals surface area contributed by atoms with E-state index in [1.54, 1.807) is 12.1 Å². The van der Waals surface area contributed by atoms with Gasteiger partial charge < -0.3 is 20.6 Å². The minimum atomic E-state index is -0.448. The minimum absolute atomic E-state index is 0.0984. The topological polar surface area (TPSA) is 107 Å². The highest BCUT2D eigenvalue weighted by Crippen LogP contribution is 2.38. The molecular weight excluding hydrogens is 498 g/mol. The Balaban J connectivity index is 1.32. The van der Waals surface area contributed by atoms with Crippen molar-refractivity contribution in [3.8, 4) is 0 Å². The van der Waals surface area contributed by atoms with Crippen LogP contribution >= 0.6 is 11.3 Å². The average molecular weight is 536 g/mol. The lowest BCUT2D eigenvalue weighted by Gasteiger charge is -2.36. The number of nitrogens with zero attached hydrogens (tertiary/aromatic N) is 3. The van der Waals surface area contributed by atoms with Crippen LogP contribution in [0.15, 0.2) is 30.3 Å². The lowest BCUT2D eigenvalue weighted by molar-refractivity contribution is 0.0857. The zero-order valence-corrected chi connectivity index (χ0v) is 23.4. The number of aryl methyl sites for hydroxylation is 1. The average Bonchev–Trinajstić information content (AvgIpc) is 3.28. The van der Waals surface area contributed by atoms with Crippen LogP contribution in [-0.2, 0) is 12.8 Å². The van der Waals surface area contributed by atoms with Gasteiger partial charge in [-0.1, -0.05) is 44.2 Å². The Morgan fingerprint density at radius 3 is 2.68 bits per heavy atom. The number of fused-ring (bicyclic) bond motifs is 2. The zero-order valence-electron chi connectivity index (χ0n) is 22.6. The third-order valence-corrected chi connectivity index (χ3v) is 8.80. The number of aromatic nitrogens is 2. The summed E-state index contributed by atoms with van der Waals surface area (Å²) in [5.41, 5.74) is 4.67. The van der Waals surface area contributed by atoms with Crippen molar-refractivity contribution in [2.75, 3.05) is 26.7 Å². The molecule has 3 N–H and O–H groups in total. The third kappa shape index (κ3) is 5.75. The normalized spacial score (nSPS) is 19.0. The molecule has 5 rings (SSSR count). The monoisotopic (exact) mass is 535 g/mol. The van der Waals surface area contributed by atoms with Crippen LogP contribution in [0.25, 0.3) is 10.3 Å². The first kappa shape index (κ1) is 26.7. The summed E-state index contributed by atoms with van der Waals surface area (Å²) in [6.45, 7) is 8.45. The van der Waals surface area contributed by atoms with E-state index in [2.05, 4.69) is 47.4 Å². The van der Waals surface area contributed by atoms with Gasteiger partial charge in [0.25, 0.3) is 11.8 Å². The van der Waals surface area contributed by atoms with E-state index < -0.39 is 6.04 Å². The van der Waals surface area contributed by atoms with E-state index in [1.165, 1.54) is 16.9 Å². The number of likely N-dealkylation sites (tertiary alicyclic amines) is 1. The molecule has 2 amide bonds. The Kier molecular flexibility index (Phi) is 7.53. The van der Waals surface area contributed by atoms with Crippen molar-refractivity contribution < 1.29 is 14.7 Å². The molecule has 3 aromatic rings. The van der Waals surface area contributed by atoms with Crippen LogP contribution in [0, 0.1) is 11.3 Å². The first-order valence-electron chi connectivity index (χ1n) is 13.4. The van der Waals surface area contributed by atoms with Gasteiger partial charge >= 0.3 is 0 Å². The summed E-state index contributed by atoms with van der Waals surface area (Å²) in [7, 11) is 2.02. The van der Waals surface area contributed by atoms with E-state index >= 15 is 0 Å². The molecule has 0 spiro atoms. The van der Waals surface area contributed by atoms with Crippen LogP contribution < -0.4 is 10.6 Å². The molecule has 1 aliphatic heterocycles. The van der Waals surface area contributed by atoms with Crippen molar-refractivity contribution in [1.82, 2.24) is 25.5 Å². The van der Waals surface area contributed by atoms with Gasteiger partial charge in [0, 0.05) is 31.0 Å². The summed E-state index contributed by atoms with van der Waals surface area (Å²) in [5.74, 6) is 0.168. The predicted molar refractivity (Wildman–Crippen MR) is 149 cm³/mol. The van der Waals surface area contributed by atoms with Gasteiger partial charge in [-0.15, -0.1) is 0 Å². The molecular formula is C29H37N5O3S. The van der Waals surface area contributed by atoms with Gasteiger partial charge in [-0.25, -0.2) is 9.97 Å². The molecule has 2 aliphatic rings. The zero-order chi connectivity index (χ0) is 27.0. The number of aliphatic hydroxyl groups is 1. The molecule has 0 saturated carbocycles. The van der Waals surface area contributed by atoms with Gasteiger partial charge in [0.1, 0.15) is 10.3 Å². The number of nitrogens with one attached hydrogen (secondary N) is 2. The molecule has 38 heavy (non-hydrogen) atoms. The quantitative estimate of drug-likeness (QED) is 0.426. The third-order valence-electron chi connectivity index (χ3n) is 7.84. The fraction of sp³-hybridized carbons (Fsp3) is 0.517. The van der Waals surface area contributed by atoms with Crippen LogP contribution in [-0.4, -0.2) is 64.6 Å². The van der Waals surface area contributed by atoms with Crippen molar-refractivity contribution in [2.24, 2.45) is 11.3 Å². The lowest BCUT2D eigenvalue weighted by Crippen LogP contribution is -2.57. The molecule has 2 atom stereocenters. The SMILES string of the molecule is CN1CC(NC(=O)c2cccc([C@@H](CCO)NC(=O)c3nc4cc5c(nc4s3)CC[C@H](C(C)(C)C)C5)c2)C1. The molecule has 202 valence electrons. The van der Waals surface area contributed by atoms with Gasteiger partial charge in [0.05, 0.1) is 12.1 Å². The summed E-state index contributed by atoms with van der Waals surface area (Å²) in [6.07, 6.45) is 3.39. The van der Waals surface area contributed by atoms with Crippen molar-refractivity contribution in [1.29, 1.82) is 0 Å². The molecule has 1 saturated heterocycles. The lowest BCUT2D eigenvalue weighted by atomic mass is 9.71. The molecule has 3 heterocycles. The molecule has 0 radical (unpaired) electrons. The molecule has 1 aromatic carbocycles. The van der Waals surface area contributed by atoms with Gasteiger partial charge in [-0.3, -0.25) is 9.59 Å². The van der Waals surface area contributed by atoms with E-state index in [1.807, 2.05) is 19.2 Å². The largest absolute Gasteiger partial charge is 0.396 e. The molecule has 0 unspecified atom stereocenters. The van der Waals surface area contributed by atoms with E-state index in [4.69, 9.17) is 4.98 Å². The number of rotatable bonds is 7. The van der Waals surface area contributed by atoms with Crippen LogP contribution in [0.4, 0.5) is 0 Å². The number of carbonyl (C=O) groups is 2. The molecule has 0 bridgehead atoms. The van der Waals surface area contributed by atoms with Gasteiger partial charge in [-0.05, 0) is 73.4 Å². The highest BCUT2D eigenvalue weighted by Gasteiger charge is 2.30. The molecule has 9 heteroatoms. The standard InChI is InChI=1S/C29H37N5O3S/c1-29(2,3)20-8-9-22-19(13-20)14-24-27(32-22)38-28(33-24)26(37)31-23(10-11-35)17-6-5-7-18(12-17)25(36)30-21-15-34(4)16-21/h5-7,12,14,20-21,23,35H,8-11,13,15-16H2,1-4H3,(H,30,36)(H,31,37)/t20-,23+/m0/s1. The Morgan fingerprint density at radius 1 is 1.18 bits per heavy atom. The fourth-order valence-electron chi connectivity index (χ4n) is 5.48. The van der Waals surface area contributed by atoms with E-state index in [9.17, 15) is 14.7 Å². The summed E-state index contributed by atoms with van der Waals surface area (Å²) >= 11 is 1.30. The highest BCUT2D eigenvalue weighted by molar-refractivity contribution is 7.19. The summed E-state index contributed by atoms with van der Waals surface area (Å²) in [6, 6.07) is 9.05. The highest BCUT2D eigenvalue weighted by atomic mass is 32.1. The van der Waals surface area contributed by atoms with Crippen molar-refractivity contribution in [3.05, 3.63) is 57.7 Å². The Bertz CT molecular complexity index is 1340. The number of carbonyl (C=O) groups excluding carboxylic acids is 2. The van der Waals surface area contributed by atoms with Crippen LogP contribution in [0.3, 0.4) is 0 Å². The smallest absolute Gasteiger partial charge is 0.280 e. The number of hydrogen-bond acceptors (Lipinski definition) is 7. The second kappa shape index (κ2) is 10.7. The van der Waals surface area contributed by atoms with Crippen LogP contribution in [0.5, 0.6) is 0 Å². The van der Waals surface area contributed by atoms with Crippen LogP contribution in [0.2, 0.25) is 0 Å². The number of amides is 2. The van der Waals surface area contributed by atoms with Crippen molar-refractivity contribution in [3.63, 3.8) is 0 Å². The van der Waals surface area contributed by atoms with E-state index in [-0.39, 0.29) is 29.9 Å². The summed E-state index contributed by atoms with van der Waals surface area (Å²) in [5, 5.41) is 16.1. The fourth-order valence-corrected chi connectivity index (χ4v) is 6.32.